The highest BCUT2D eigenvalue weighted by molar-refractivity contribution is 14.1. The van der Waals surface area contributed by atoms with Gasteiger partial charge in [0, 0.05) is 15.2 Å². The highest BCUT2D eigenvalue weighted by Crippen LogP contribution is 2.19. The minimum absolute atomic E-state index is 0.0849. The SMILES string of the molecule is CC(=O)c1ccc(OCc2ccccc2I)cc1F. The number of hydrogen-bond acceptors (Lipinski definition) is 2. The quantitative estimate of drug-likeness (QED) is 0.595. The van der Waals surface area contributed by atoms with Crippen LogP contribution in [0.2, 0.25) is 0 Å². The Balaban J connectivity index is 2.11. The van der Waals surface area contributed by atoms with Gasteiger partial charge in [0.15, 0.2) is 5.78 Å². The molecule has 0 aliphatic rings. The molecule has 0 amide bonds. The zero-order valence-electron chi connectivity index (χ0n) is 10.3. The van der Waals surface area contributed by atoms with Gasteiger partial charge >= 0.3 is 0 Å². The van der Waals surface area contributed by atoms with Crippen molar-refractivity contribution in [2.75, 3.05) is 0 Å². The molecular formula is C15H12FIO2. The van der Waals surface area contributed by atoms with Gasteiger partial charge in [0.2, 0.25) is 0 Å². The second kappa shape index (κ2) is 6.14. The van der Waals surface area contributed by atoms with Crippen molar-refractivity contribution in [1.29, 1.82) is 0 Å². The van der Waals surface area contributed by atoms with Crippen LogP contribution in [0.15, 0.2) is 42.5 Å². The maximum Gasteiger partial charge on any atom is 0.162 e. The van der Waals surface area contributed by atoms with Crippen LogP contribution in [-0.2, 0) is 6.61 Å². The van der Waals surface area contributed by atoms with Crippen molar-refractivity contribution in [3.05, 3.63) is 63.0 Å². The van der Waals surface area contributed by atoms with E-state index in [4.69, 9.17) is 4.74 Å². The molecule has 0 aliphatic heterocycles. The van der Waals surface area contributed by atoms with Crippen molar-refractivity contribution in [3.63, 3.8) is 0 Å². The van der Waals surface area contributed by atoms with E-state index in [2.05, 4.69) is 22.6 Å². The van der Waals surface area contributed by atoms with Gasteiger partial charge < -0.3 is 4.74 Å². The van der Waals surface area contributed by atoms with Crippen LogP contribution in [0.1, 0.15) is 22.8 Å². The second-order valence-corrected chi connectivity index (χ2v) is 5.24. The van der Waals surface area contributed by atoms with Gasteiger partial charge in [-0.2, -0.15) is 0 Å². The number of rotatable bonds is 4. The summed E-state index contributed by atoms with van der Waals surface area (Å²) in [6.07, 6.45) is 0. The maximum atomic E-state index is 13.6. The molecule has 0 saturated carbocycles. The lowest BCUT2D eigenvalue weighted by Gasteiger charge is -2.08. The summed E-state index contributed by atoms with van der Waals surface area (Å²) in [5, 5.41) is 0. The van der Waals surface area contributed by atoms with Gasteiger partial charge in [0.25, 0.3) is 0 Å². The van der Waals surface area contributed by atoms with Crippen LogP contribution in [0, 0.1) is 9.39 Å². The predicted octanol–water partition coefficient (Wildman–Crippen LogP) is 4.21. The van der Waals surface area contributed by atoms with Crippen molar-refractivity contribution in [2.45, 2.75) is 13.5 Å². The van der Waals surface area contributed by atoms with Crippen LogP contribution >= 0.6 is 22.6 Å². The summed E-state index contributed by atoms with van der Waals surface area (Å²) in [4.78, 5) is 11.1. The zero-order chi connectivity index (χ0) is 13.8. The fraction of sp³-hybridized carbons (Fsp3) is 0.133. The van der Waals surface area contributed by atoms with Gasteiger partial charge in [0.05, 0.1) is 5.56 Å². The molecule has 2 aromatic rings. The van der Waals surface area contributed by atoms with Crippen LogP contribution in [0.3, 0.4) is 0 Å². The van der Waals surface area contributed by atoms with Gasteiger partial charge in [-0.05, 0) is 47.7 Å². The van der Waals surface area contributed by atoms with Gasteiger partial charge in [-0.15, -0.1) is 0 Å². The zero-order valence-corrected chi connectivity index (χ0v) is 12.5. The maximum absolute atomic E-state index is 13.6. The first-order chi connectivity index (χ1) is 9.08. The molecule has 0 N–H and O–H groups in total. The lowest BCUT2D eigenvalue weighted by Crippen LogP contribution is -2.00. The summed E-state index contributed by atoms with van der Waals surface area (Å²) in [6, 6.07) is 12.1. The van der Waals surface area contributed by atoms with Gasteiger partial charge in [0.1, 0.15) is 18.2 Å². The van der Waals surface area contributed by atoms with Crippen molar-refractivity contribution >= 4 is 28.4 Å². The molecule has 2 nitrogen and oxygen atoms in total. The summed E-state index contributed by atoms with van der Waals surface area (Å²) in [5.74, 6) is -0.420. The Hall–Kier alpha value is -1.43. The minimum atomic E-state index is -0.548. The van der Waals surface area contributed by atoms with Crippen LogP contribution in [0.4, 0.5) is 4.39 Å². The Morgan fingerprint density at radius 2 is 2.00 bits per heavy atom. The molecule has 0 heterocycles. The Morgan fingerprint density at radius 3 is 2.63 bits per heavy atom. The predicted molar refractivity (Wildman–Crippen MR) is 79.9 cm³/mol. The Labute approximate surface area is 124 Å². The molecule has 0 unspecified atom stereocenters. The number of Topliss-reactive ketones (excluding diaryl/α,β-unsaturated/α-hetero) is 1. The molecule has 98 valence electrons. The van der Waals surface area contributed by atoms with E-state index in [0.717, 1.165) is 9.13 Å². The second-order valence-electron chi connectivity index (χ2n) is 4.08. The number of ketones is 1. The van der Waals surface area contributed by atoms with E-state index in [1.54, 1.807) is 6.07 Å². The first kappa shape index (κ1) is 14.0. The summed E-state index contributed by atoms with van der Waals surface area (Å²) >= 11 is 2.23. The lowest BCUT2D eigenvalue weighted by molar-refractivity contribution is 0.101. The van der Waals surface area contributed by atoms with Crippen molar-refractivity contribution in [1.82, 2.24) is 0 Å². The number of hydrogen-bond donors (Lipinski definition) is 0. The van der Waals surface area contributed by atoms with Crippen LogP contribution in [-0.4, -0.2) is 5.78 Å². The molecular weight excluding hydrogens is 358 g/mol. The fourth-order valence-corrected chi connectivity index (χ4v) is 2.19. The summed E-state index contributed by atoms with van der Waals surface area (Å²) in [7, 11) is 0. The fourth-order valence-electron chi connectivity index (χ4n) is 1.65. The normalized spacial score (nSPS) is 10.3. The minimum Gasteiger partial charge on any atom is -0.489 e. The molecule has 0 fully saturated rings. The molecule has 2 aromatic carbocycles. The number of benzene rings is 2. The Kier molecular flexibility index (Phi) is 4.52. The number of carbonyl (C=O) groups is 1. The third-order valence-corrected chi connectivity index (χ3v) is 3.72. The Morgan fingerprint density at radius 1 is 1.26 bits per heavy atom. The van der Waals surface area contributed by atoms with E-state index < -0.39 is 5.82 Å². The number of ether oxygens (including phenoxy) is 1. The summed E-state index contributed by atoms with van der Waals surface area (Å²) in [6.45, 7) is 1.71. The first-order valence-corrected chi connectivity index (χ1v) is 6.82. The average Bonchev–Trinajstić information content (AvgIpc) is 2.37. The molecule has 0 aliphatic carbocycles. The largest absolute Gasteiger partial charge is 0.489 e. The monoisotopic (exact) mass is 370 g/mol. The standard InChI is InChI=1S/C15H12FIO2/c1-10(18)13-7-6-12(8-14(13)16)19-9-11-4-2-3-5-15(11)17/h2-8H,9H2,1H3. The molecule has 0 bridgehead atoms. The van der Waals surface area contributed by atoms with Crippen LogP contribution in [0.25, 0.3) is 0 Å². The Bertz CT molecular complexity index is 611. The molecule has 2 rings (SSSR count). The molecule has 19 heavy (non-hydrogen) atoms. The van der Waals surface area contributed by atoms with Crippen molar-refractivity contribution in [3.8, 4) is 5.75 Å². The van der Waals surface area contributed by atoms with E-state index in [1.165, 1.54) is 19.1 Å². The van der Waals surface area contributed by atoms with Gasteiger partial charge in [-0.3, -0.25) is 4.79 Å². The van der Waals surface area contributed by atoms with Crippen LogP contribution in [0.5, 0.6) is 5.75 Å². The van der Waals surface area contributed by atoms with E-state index in [1.807, 2.05) is 24.3 Å². The molecule has 0 radical (unpaired) electrons. The summed E-state index contributed by atoms with van der Waals surface area (Å²) < 4.78 is 20.2. The third-order valence-electron chi connectivity index (χ3n) is 2.67. The van der Waals surface area contributed by atoms with E-state index in [-0.39, 0.29) is 11.3 Å². The first-order valence-electron chi connectivity index (χ1n) is 5.74. The van der Waals surface area contributed by atoms with E-state index >= 15 is 0 Å². The molecule has 0 spiro atoms. The highest BCUT2D eigenvalue weighted by Gasteiger charge is 2.08. The lowest BCUT2D eigenvalue weighted by atomic mass is 10.1. The molecule has 0 saturated heterocycles. The van der Waals surface area contributed by atoms with Gasteiger partial charge in [-0.25, -0.2) is 4.39 Å². The molecule has 0 atom stereocenters. The van der Waals surface area contributed by atoms with Gasteiger partial charge in [-0.1, -0.05) is 18.2 Å². The average molecular weight is 370 g/mol. The van der Waals surface area contributed by atoms with Crippen LogP contribution < -0.4 is 4.74 Å². The van der Waals surface area contributed by atoms with Crippen molar-refractivity contribution < 1.29 is 13.9 Å². The number of halogens is 2. The van der Waals surface area contributed by atoms with Crippen molar-refractivity contribution in [2.24, 2.45) is 0 Å². The molecule has 0 aromatic heterocycles. The topological polar surface area (TPSA) is 26.3 Å². The number of carbonyl (C=O) groups excluding carboxylic acids is 1. The summed E-state index contributed by atoms with van der Waals surface area (Å²) in [5.41, 5.74) is 1.13. The molecule has 4 heteroatoms. The third kappa shape index (κ3) is 3.53. The highest BCUT2D eigenvalue weighted by atomic mass is 127. The van der Waals surface area contributed by atoms with E-state index in [0.29, 0.717) is 12.4 Å². The van der Waals surface area contributed by atoms with E-state index in [9.17, 15) is 9.18 Å². The smallest absolute Gasteiger partial charge is 0.162 e.